The van der Waals surface area contributed by atoms with Crippen molar-refractivity contribution < 1.29 is 18.9 Å². The van der Waals surface area contributed by atoms with Gasteiger partial charge in [-0.3, -0.25) is 0 Å². The van der Waals surface area contributed by atoms with Crippen LogP contribution in [0.25, 0.3) is 0 Å². The third kappa shape index (κ3) is 8.81. The van der Waals surface area contributed by atoms with Crippen LogP contribution in [0.5, 0.6) is 0 Å². The molecule has 0 fully saturated rings. The van der Waals surface area contributed by atoms with Gasteiger partial charge in [0.15, 0.2) is 12.6 Å². The fourth-order valence-corrected chi connectivity index (χ4v) is 1.19. The molecule has 0 spiro atoms. The smallest absolute Gasteiger partial charge is 0.155 e. The Balaban J connectivity index is 3.51. The van der Waals surface area contributed by atoms with Gasteiger partial charge < -0.3 is 18.9 Å². The van der Waals surface area contributed by atoms with Gasteiger partial charge >= 0.3 is 0 Å². The van der Waals surface area contributed by atoms with E-state index in [1.807, 2.05) is 34.6 Å². The SMILES string of the molecule is CCO[C@H](C)OC[C@@H](C)O[C@@H](C)OCC. The van der Waals surface area contributed by atoms with Crippen molar-refractivity contribution in [1.82, 2.24) is 0 Å². The molecule has 0 rings (SSSR count). The number of hydrogen-bond donors (Lipinski definition) is 0. The maximum Gasteiger partial charge on any atom is 0.155 e. The van der Waals surface area contributed by atoms with E-state index in [4.69, 9.17) is 18.9 Å². The van der Waals surface area contributed by atoms with Crippen LogP contribution in [0.2, 0.25) is 0 Å². The first-order chi connectivity index (χ1) is 7.10. The average molecular weight is 220 g/mol. The van der Waals surface area contributed by atoms with Gasteiger partial charge in [-0.15, -0.1) is 0 Å². The molecule has 0 radical (unpaired) electrons. The molecule has 0 aliphatic rings. The Morgan fingerprint density at radius 3 is 1.87 bits per heavy atom. The van der Waals surface area contributed by atoms with Crippen LogP contribution in [0, 0.1) is 0 Å². The molecule has 0 saturated carbocycles. The van der Waals surface area contributed by atoms with Crippen molar-refractivity contribution in [3.8, 4) is 0 Å². The molecule has 0 unspecified atom stereocenters. The second-order valence-corrected chi connectivity index (χ2v) is 3.33. The summed E-state index contributed by atoms with van der Waals surface area (Å²) in [7, 11) is 0. The third-order valence-corrected chi connectivity index (χ3v) is 1.79. The van der Waals surface area contributed by atoms with E-state index in [1.54, 1.807) is 0 Å². The lowest BCUT2D eigenvalue weighted by Gasteiger charge is -2.20. The summed E-state index contributed by atoms with van der Waals surface area (Å²) in [5, 5.41) is 0. The van der Waals surface area contributed by atoms with Gasteiger partial charge in [0.05, 0.1) is 12.7 Å². The van der Waals surface area contributed by atoms with Gasteiger partial charge in [0.25, 0.3) is 0 Å². The van der Waals surface area contributed by atoms with Gasteiger partial charge in [-0.25, -0.2) is 0 Å². The zero-order valence-corrected chi connectivity index (χ0v) is 10.5. The highest BCUT2D eigenvalue weighted by atomic mass is 16.7. The Hall–Kier alpha value is -0.160. The standard InChI is InChI=1S/C11H24O4/c1-6-12-10(4)14-8-9(3)15-11(5)13-7-2/h9-11H,6-8H2,1-5H3/t9-,10+,11+/m1/s1. The van der Waals surface area contributed by atoms with Crippen LogP contribution in [0.3, 0.4) is 0 Å². The normalized spacial score (nSPS) is 17.4. The van der Waals surface area contributed by atoms with E-state index in [9.17, 15) is 0 Å². The molecular weight excluding hydrogens is 196 g/mol. The minimum atomic E-state index is -0.184. The lowest BCUT2D eigenvalue weighted by atomic mass is 10.4. The average Bonchev–Trinajstić information content (AvgIpc) is 2.15. The van der Waals surface area contributed by atoms with Crippen molar-refractivity contribution in [2.24, 2.45) is 0 Å². The van der Waals surface area contributed by atoms with Crippen molar-refractivity contribution in [2.45, 2.75) is 53.3 Å². The van der Waals surface area contributed by atoms with E-state index in [-0.39, 0.29) is 18.7 Å². The first-order valence-corrected chi connectivity index (χ1v) is 5.60. The van der Waals surface area contributed by atoms with Crippen molar-refractivity contribution in [3.63, 3.8) is 0 Å². The predicted octanol–water partition coefficient (Wildman–Crippen LogP) is 2.17. The second-order valence-electron chi connectivity index (χ2n) is 3.33. The Morgan fingerprint density at radius 1 is 0.800 bits per heavy atom. The highest BCUT2D eigenvalue weighted by Crippen LogP contribution is 2.02. The lowest BCUT2D eigenvalue weighted by molar-refractivity contribution is -0.192. The Labute approximate surface area is 92.8 Å². The van der Waals surface area contributed by atoms with E-state index in [0.717, 1.165) is 0 Å². The first-order valence-electron chi connectivity index (χ1n) is 5.60. The highest BCUT2D eigenvalue weighted by molar-refractivity contribution is 4.48. The van der Waals surface area contributed by atoms with Gasteiger partial charge in [0.1, 0.15) is 0 Å². The molecule has 15 heavy (non-hydrogen) atoms. The minimum absolute atomic E-state index is 0.00876. The molecule has 0 N–H and O–H groups in total. The molecule has 3 atom stereocenters. The number of hydrogen-bond acceptors (Lipinski definition) is 4. The number of rotatable bonds is 9. The van der Waals surface area contributed by atoms with Crippen LogP contribution in [-0.4, -0.2) is 38.5 Å². The van der Waals surface area contributed by atoms with E-state index in [1.165, 1.54) is 0 Å². The van der Waals surface area contributed by atoms with E-state index in [2.05, 4.69) is 0 Å². The quantitative estimate of drug-likeness (QED) is 0.558. The zero-order valence-electron chi connectivity index (χ0n) is 10.5. The van der Waals surface area contributed by atoms with Crippen molar-refractivity contribution in [2.75, 3.05) is 19.8 Å². The molecule has 0 heterocycles. The van der Waals surface area contributed by atoms with Crippen LogP contribution in [0.15, 0.2) is 0 Å². The highest BCUT2D eigenvalue weighted by Gasteiger charge is 2.10. The summed E-state index contributed by atoms with van der Waals surface area (Å²) in [6.45, 7) is 11.4. The Morgan fingerprint density at radius 2 is 1.33 bits per heavy atom. The van der Waals surface area contributed by atoms with Gasteiger partial charge in [-0.05, 0) is 34.6 Å². The monoisotopic (exact) mass is 220 g/mol. The third-order valence-electron chi connectivity index (χ3n) is 1.79. The fourth-order valence-electron chi connectivity index (χ4n) is 1.19. The van der Waals surface area contributed by atoms with E-state index >= 15 is 0 Å². The summed E-state index contributed by atoms with van der Waals surface area (Å²) in [5.74, 6) is 0. The molecule has 0 aliphatic heterocycles. The molecule has 0 aromatic rings. The summed E-state index contributed by atoms with van der Waals surface area (Å²) < 4.78 is 21.4. The summed E-state index contributed by atoms with van der Waals surface area (Å²) >= 11 is 0. The van der Waals surface area contributed by atoms with Crippen LogP contribution in [0.4, 0.5) is 0 Å². The van der Waals surface area contributed by atoms with E-state index in [0.29, 0.717) is 19.8 Å². The Kier molecular flexibility index (Phi) is 9.00. The topological polar surface area (TPSA) is 36.9 Å². The molecule has 92 valence electrons. The van der Waals surface area contributed by atoms with Gasteiger partial charge in [-0.2, -0.15) is 0 Å². The fraction of sp³-hybridized carbons (Fsp3) is 1.00. The Bertz CT molecular complexity index is 141. The van der Waals surface area contributed by atoms with Crippen molar-refractivity contribution >= 4 is 0 Å². The molecule has 0 aromatic carbocycles. The van der Waals surface area contributed by atoms with E-state index < -0.39 is 0 Å². The molecule has 4 nitrogen and oxygen atoms in total. The summed E-state index contributed by atoms with van der Waals surface area (Å²) in [6, 6.07) is 0. The first kappa shape index (κ1) is 14.8. The molecule has 0 amide bonds. The molecular formula is C11H24O4. The molecule has 0 bridgehead atoms. The van der Waals surface area contributed by atoms with Crippen molar-refractivity contribution in [3.05, 3.63) is 0 Å². The maximum absolute atomic E-state index is 5.52. The van der Waals surface area contributed by atoms with Crippen LogP contribution in [0.1, 0.15) is 34.6 Å². The summed E-state index contributed by atoms with van der Waals surface area (Å²) in [5.41, 5.74) is 0. The molecule has 0 aliphatic carbocycles. The second kappa shape index (κ2) is 9.09. The van der Waals surface area contributed by atoms with Gasteiger partial charge in [-0.1, -0.05) is 0 Å². The molecule has 4 heteroatoms. The van der Waals surface area contributed by atoms with Crippen molar-refractivity contribution in [1.29, 1.82) is 0 Å². The minimum Gasteiger partial charge on any atom is -0.353 e. The zero-order chi connectivity index (χ0) is 11.7. The number of ether oxygens (including phenoxy) is 4. The summed E-state index contributed by atoms with van der Waals surface area (Å²) in [6.07, 6.45) is -0.353. The van der Waals surface area contributed by atoms with Gasteiger partial charge in [0, 0.05) is 13.2 Å². The molecule has 0 saturated heterocycles. The lowest BCUT2D eigenvalue weighted by Crippen LogP contribution is -2.26. The summed E-state index contributed by atoms with van der Waals surface area (Å²) in [4.78, 5) is 0. The predicted molar refractivity (Wildman–Crippen MR) is 58.7 cm³/mol. The largest absolute Gasteiger partial charge is 0.353 e. The van der Waals surface area contributed by atoms with Crippen LogP contribution < -0.4 is 0 Å². The molecule has 0 aromatic heterocycles. The van der Waals surface area contributed by atoms with Crippen LogP contribution >= 0.6 is 0 Å². The van der Waals surface area contributed by atoms with Crippen LogP contribution in [-0.2, 0) is 18.9 Å². The van der Waals surface area contributed by atoms with Gasteiger partial charge in [0.2, 0.25) is 0 Å². The maximum atomic E-state index is 5.52.